The highest BCUT2D eigenvalue weighted by atomic mass is 16.5. The predicted octanol–water partition coefficient (Wildman–Crippen LogP) is 2.57. The van der Waals surface area contributed by atoms with Crippen LogP contribution in [0.5, 0.6) is 11.5 Å². The molecule has 144 valence electrons. The molecule has 1 atom stereocenters. The number of carbonyl (C=O) groups excluding carboxylic acids is 2. The maximum absolute atomic E-state index is 12.6. The summed E-state index contributed by atoms with van der Waals surface area (Å²) in [6.45, 7) is 7.58. The molecule has 0 unspecified atom stereocenters. The van der Waals surface area contributed by atoms with E-state index < -0.39 is 0 Å². The van der Waals surface area contributed by atoms with Crippen molar-refractivity contribution in [1.29, 1.82) is 0 Å². The Morgan fingerprint density at radius 1 is 1.27 bits per heavy atom. The number of methoxy groups -OCH3 is 1. The molecule has 0 bridgehead atoms. The summed E-state index contributed by atoms with van der Waals surface area (Å²) in [6.07, 6.45) is 1.02. The van der Waals surface area contributed by atoms with E-state index in [1.165, 1.54) is 0 Å². The van der Waals surface area contributed by atoms with Crippen LogP contribution in [0.15, 0.2) is 24.3 Å². The average Bonchev–Trinajstić information content (AvgIpc) is 3.00. The van der Waals surface area contributed by atoms with Gasteiger partial charge in [0.05, 0.1) is 19.6 Å². The normalized spacial score (nSPS) is 17.3. The fourth-order valence-corrected chi connectivity index (χ4v) is 3.16. The summed E-state index contributed by atoms with van der Waals surface area (Å²) >= 11 is 0. The van der Waals surface area contributed by atoms with E-state index in [4.69, 9.17) is 9.47 Å². The minimum atomic E-state index is -0.248. The molecule has 1 aromatic carbocycles. The molecule has 1 heterocycles. The van der Waals surface area contributed by atoms with Crippen LogP contribution in [-0.4, -0.2) is 61.0 Å². The van der Waals surface area contributed by atoms with Crippen LogP contribution in [0.4, 0.5) is 0 Å². The largest absolute Gasteiger partial charge is 0.493 e. The number of rotatable bonds is 7. The summed E-state index contributed by atoms with van der Waals surface area (Å²) in [6, 6.07) is 7.50. The van der Waals surface area contributed by atoms with Crippen LogP contribution in [0.2, 0.25) is 0 Å². The molecule has 1 fully saturated rings. The third-order valence-corrected chi connectivity index (χ3v) is 4.62. The maximum Gasteiger partial charge on any atom is 0.227 e. The second-order valence-electron chi connectivity index (χ2n) is 7.69. The molecule has 2 amide bonds. The second kappa shape index (κ2) is 8.43. The quantitative estimate of drug-likeness (QED) is 0.700. The van der Waals surface area contributed by atoms with Gasteiger partial charge in [0.1, 0.15) is 0 Å². The summed E-state index contributed by atoms with van der Waals surface area (Å²) < 4.78 is 11.0. The average molecular weight is 362 g/mol. The molecule has 0 radical (unpaired) electrons. The minimum absolute atomic E-state index is 0.0300. The smallest absolute Gasteiger partial charge is 0.227 e. The van der Waals surface area contributed by atoms with Gasteiger partial charge in [0.15, 0.2) is 11.5 Å². The lowest BCUT2D eigenvalue weighted by Gasteiger charge is -2.32. The Balaban J connectivity index is 1.78. The summed E-state index contributed by atoms with van der Waals surface area (Å²) in [5.74, 6) is 1.24. The molecular formula is C20H30N2O4. The third-order valence-electron chi connectivity index (χ3n) is 4.62. The van der Waals surface area contributed by atoms with Gasteiger partial charge in [-0.05, 0) is 39.3 Å². The third kappa shape index (κ3) is 4.90. The number of carbonyl (C=O) groups is 2. The van der Waals surface area contributed by atoms with E-state index in [0.717, 1.165) is 0 Å². The van der Waals surface area contributed by atoms with Crippen LogP contribution in [0.25, 0.3) is 0 Å². The fraction of sp³-hybridized carbons (Fsp3) is 0.600. The van der Waals surface area contributed by atoms with Gasteiger partial charge in [-0.15, -0.1) is 0 Å². The Kier molecular flexibility index (Phi) is 6.51. The first kappa shape index (κ1) is 20.1. The van der Waals surface area contributed by atoms with Gasteiger partial charge in [-0.25, -0.2) is 0 Å². The number of hydrogen-bond donors (Lipinski definition) is 0. The van der Waals surface area contributed by atoms with E-state index >= 15 is 0 Å². The molecule has 6 heteroatoms. The van der Waals surface area contributed by atoms with Crippen molar-refractivity contribution in [2.24, 2.45) is 5.92 Å². The lowest BCUT2D eigenvalue weighted by atomic mass is 10.1. The molecule has 1 aliphatic heterocycles. The molecule has 1 aliphatic rings. The Morgan fingerprint density at radius 3 is 2.50 bits per heavy atom. The molecular weight excluding hydrogens is 332 g/mol. The first-order valence-corrected chi connectivity index (χ1v) is 9.05. The number of likely N-dealkylation sites (tertiary alicyclic amines) is 1. The van der Waals surface area contributed by atoms with Crippen LogP contribution in [-0.2, 0) is 9.59 Å². The number of ether oxygens (including phenoxy) is 2. The molecule has 0 N–H and O–H groups in total. The van der Waals surface area contributed by atoms with Crippen molar-refractivity contribution in [3.8, 4) is 11.5 Å². The summed E-state index contributed by atoms with van der Waals surface area (Å²) in [4.78, 5) is 28.3. The highest BCUT2D eigenvalue weighted by molar-refractivity contribution is 5.89. The Morgan fingerprint density at radius 2 is 1.92 bits per heavy atom. The maximum atomic E-state index is 12.6. The molecule has 2 rings (SSSR count). The van der Waals surface area contributed by atoms with Crippen LogP contribution in [0.1, 0.15) is 33.6 Å². The van der Waals surface area contributed by atoms with E-state index in [9.17, 15) is 9.59 Å². The van der Waals surface area contributed by atoms with E-state index in [-0.39, 0.29) is 23.3 Å². The van der Waals surface area contributed by atoms with Crippen LogP contribution in [0.3, 0.4) is 0 Å². The van der Waals surface area contributed by atoms with E-state index in [1.807, 2.05) is 45.0 Å². The van der Waals surface area contributed by atoms with E-state index in [2.05, 4.69) is 0 Å². The van der Waals surface area contributed by atoms with Gasteiger partial charge in [-0.3, -0.25) is 9.59 Å². The molecule has 0 aliphatic carbocycles. The van der Waals surface area contributed by atoms with E-state index in [1.54, 1.807) is 24.0 Å². The lowest BCUT2D eigenvalue weighted by molar-refractivity contribution is -0.134. The van der Waals surface area contributed by atoms with Crippen LogP contribution in [0, 0.1) is 5.92 Å². The fourth-order valence-electron chi connectivity index (χ4n) is 3.16. The van der Waals surface area contributed by atoms with Crippen molar-refractivity contribution in [3.63, 3.8) is 0 Å². The number of nitrogens with zero attached hydrogens (tertiary/aromatic N) is 2. The highest BCUT2D eigenvalue weighted by Gasteiger charge is 2.40. The number of hydrogen-bond acceptors (Lipinski definition) is 4. The topological polar surface area (TPSA) is 59.1 Å². The van der Waals surface area contributed by atoms with Gasteiger partial charge in [-0.1, -0.05) is 12.1 Å². The van der Waals surface area contributed by atoms with Crippen molar-refractivity contribution in [2.75, 3.05) is 33.9 Å². The van der Waals surface area contributed by atoms with Gasteiger partial charge >= 0.3 is 0 Å². The van der Waals surface area contributed by atoms with Gasteiger partial charge in [0.2, 0.25) is 11.8 Å². The summed E-state index contributed by atoms with van der Waals surface area (Å²) in [5, 5.41) is 0. The monoisotopic (exact) mass is 362 g/mol. The molecule has 1 aromatic rings. The zero-order valence-electron chi connectivity index (χ0n) is 16.4. The zero-order chi connectivity index (χ0) is 19.3. The first-order valence-electron chi connectivity index (χ1n) is 9.05. The van der Waals surface area contributed by atoms with E-state index in [0.29, 0.717) is 44.0 Å². The van der Waals surface area contributed by atoms with Gasteiger partial charge < -0.3 is 19.3 Å². The minimum Gasteiger partial charge on any atom is -0.493 e. The SMILES string of the molecule is COc1ccccc1OCCCN(C)C(=O)[C@@H]1CC(=O)N(C(C)(C)C)C1. The molecule has 0 saturated carbocycles. The van der Waals surface area contributed by atoms with Crippen molar-refractivity contribution < 1.29 is 19.1 Å². The lowest BCUT2D eigenvalue weighted by Crippen LogP contribution is -2.43. The molecule has 0 spiro atoms. The Bertz CT molecular complexity index is 639. The highest BCUT2D eigenvalue weighted by Crippen LogP contribution is 2.27. The zero-order valence-corrected chi connectivity index (χ0v) is 16.4. The Labute approximate surface area is 156 Å². The molecule has 26 heavy (non-hydrogen) atoms. The summed E-state index contributed by atoms with van der Waals surface area (Å²) in [7, 11) is 3.40. The van der Waals surface area contributed by atoms with Crippen molar-refractivity contribution in [2.45, 2.75) is 39.2 Å². The van der Waals surface area contributed by atoms with Gasteiger partial charge in [0.25, 0.3) is 0 Å². The molecule has 1 saturated heterocycles. The second-order valence-corrected chi connectivity index (χ2v) is 7.69. The first-order chi connectivity index (χ1) is 12.2. The Hall–Kier alpha value is -2.24. The molecule has 6 nitrogen and oxygen atoms in total. The predicted molar refractivity (Wildman–Crippen MR) is 100 cm³/mol. The van der Waals surface area contributed by atoms with Crippen molar-refractivity contribution in [1.82, 2.24) is 9.80 Å². The standard InChI is InChI=1S/C20H30N2O4/c1-20(2,3)22-14-15(13-18(22)23)19(24)21(4)11-8-12-26-17-10-7-6-9-16(17)25-5/h6-7,9-10,15H,8,11-14H2,1-5H3/t15-/m1/s1. The number of amides is 2. The van der Waals surface area contributed by atoms with Crippen LogP contribution >= 0.6 is 0 Å². The number of para-hydroxylation sites is 2. The molecule has 0 aromatic heterocycles. The summed E-state index contributed by atoms with van der Waals surface area (Å²) in [5.41, 5.74) is -0.243. The number of benzene rings is 1. The van der Waals surface area contributed by atoms with Gasteiger partial charge in [-0.2, -0.15) is 0 Å². The van der Waals surface area contributed by atoms with Gasteiger partial charge in [0, 0.05) is 32.1 Å². The van der Waals surface area contributed by atoms with Crippen molar-refractivity contribution >= 4 is 11.8 Å². The van der Waals surface area contributed by atoms with Crippen molar-refractivity contribution in [3.05, 3.63) is 24.3 Å². The van der Waals surface area contributed by atoms with Crippen LogP contribution < -0.4 is 9.47 Å².